The smallest absolute Gasteiger partial charge is 0.412 e. The predicted molar refractivity (Wildman–Crippen MR) is 121 cm³/mol. The molecule has 170 valence electrons. The van der Waals surface area contributed by atoms with Gasteiger partial charge < -0.3 is 19.7 Å². The summed E-state index contributed by atoms with van der Waals surface area (Å²) in [5, 5.41) is 15.3. The topological polar surface area (TPSA) is 104 Å². The Labute approximate surface area is 188 Å². The van der Waals surface area contributed by atoms with E-state index >= 15 is 0 Å². The number of halogens is 1. The highest BCUT2D eigenvalue weighted by Gasteiger charge is 2.26. The van der Waals surface area contributed by atoms with Crippen LogP contribution in [-0.2, 0) is 9.47 Å². The van der Waals surface area contributed by atoms with Crippen molar-refractivity contribution in [1.82, 2.24) is 5.32 Å². The normalized spacial score (nSPS) is 15.1. The molecule has 8 nitrogen and oxygen atoms in total. The molecule has 1 fully saturated rings. The lowest BCUT2D eigenvalue weighted by Crippen LogP contribution is -2.46. The molecule has 0 saturated carbocycles. The van der Waals surface area contributed by atoms with Gasteiger partial charge in [0.05, 0.1) is 28.0 Å². The maximum absolute atomic E-state index is 12.2. The van der Waals surface area contributed by atoms with E-state index in [0.717, 1.165) is 0 Å². The lowest BCUT2D eigenvalue weighted by Gasteiger charge is -2.35. The molecule has 31 heavy (non-hydrogen) atoms. The lowest BCUT2D eigenvalue weighted by molar-refractivity contribution is 0.0496. The third-order valence-corrected chi connectivity index (χ3v) is 4.77. The largest absolute Gasteiger partial charge is 0.444 e. The number of rotatable bonds is 3. The molecule has 1 aliphatic rings. The Hall–Kier alpha value is -2.66. The second-order valence-electron chi connectivity index (χ2n) is 9.50. The molecule has 1 aliphatic heterocycles. The van der Waals surface area contributed by atoms with Gasteiger partial charge in [-0.15, -0.1) is 0 Å². The average molecular weight is 451 g/mol. The number of carbonyl (C=O) groups excluding carboxylic acids is 2. The zero-order valence-electron chi connectivity index (χ0n) is 19.0. The van der Waals surface area contributed by atoms with Crippen LogP contribution in [0, 0.1) is 11.3 Å². The Balaban J connectivity index is 2.09. The molecule has 9 heteroatoms. The van der Waals surface area contributed by atoms with Crippen molar-refractivity contribution >= 4 is 35.2 Å². The summed E-state index contributed by atoms with van der Waals surface area (Å²) in [7, 11) is 0. The van der Waals surface area contributed by atoms with Gasteiger partial charge in [0.1, 0.15) is 11.2 Å². The second-order valence-corrected chi connectivity index (χ2v) is 9.88. The van der Waals surface area contributed by atoms with Gasteiger partial charge in [0.25, 0.3) is 0 Å². The summed E-state index contributed by atoms with van der Waals surface area (Å²) < 4.78 is 10.6. The summed E-state index contributed by atoms with van der Waals surface area (Å²) in [5.41, 5.74) is 0.143. The highest BCUT2D eigenvalue weighted by atomic mass is 35.5. The van der Waals surface area contributed by atoms with Crippen LogP contribution < -0.4 is 15.5 Å². The number of benzene rings is 1. The van der Waals surface area contributed by atoms with Crippen LogP contribution in [0.5, 0.6) is 0 Å². The number of carbonyl (C=O) groups is 2. The van der Waals surface area contributed by atoms with Crippen LogP contribution in [0.15, 0.2) is 12.1 Å². The van der Waals surface area contributed by atoms with Gasteiger partial charge >= 0.3 is 12.2 Å². The maximum Gasteiger partial charge on any atom is 0.412 e. The summed E-state index contributed by atoms with van der Waals surface area (Å²) >= 11 is 6.57. The van der Waals surface area contributed by atoms with E-state index in [9.17, 15) is 14.9 Å². The van der Waals surface area contributed by atoms with Crippen molar-refractivity contribution in [2.24, 2.45) is 0 Å². The van der Waals surface area contributed by atoms with E-state index in [-0.39, 0.29) is 6.04 Å². The molecule has 0 aromatic heterocycles. The number of ether oxygens (including phenoxy) is 2. The number of hydrogen-bond acceptors (Lipinski definition) is 6. The first-order valence-corrected chi connectivity index (χ1v) is 10.6. The third kappa shape index (κ3) is 7.83. The number of nitriles is 1. The Bertz CT molecular complexity index is 860. The number of hydrogen-bond donors (Lipinski definition) is 2. The SMILES string of the molecule is CC(C)(C)OC(=O)Nc1cc(C#N)cc(N2CCC(NC(=O)OC(C)(C)C)CC2)c1Cl. The van der Waals surface area contributed by atoms with Crippen molar-refractivity contribution < 1.29 is 19.1 Å². The predicted octanol–water partition coefficient (Wildman–Crippen LogP) is 5.05. The Morgan fingerprint density at radius 1 is 1.06 bits per heavy atom. The monoisotopic (exact) mass is 450 g/mol. The van der Waals surface area contributed by atoms with E-state index in [1.54, 1.807) is 26.8 Å². The zero-order valence-corrected chi connectivity index (χ0v) is 19.7. The van der Waals surface area contributed by atoms with Crippen molar-refractivity contribution in [3.8, 4) is 6.07 Å². The summed E-state index contributed by atoms with van der Waals surface area (Å²) in [6, 6.07) is 5.31. The van der Waals surface area contributed by atoms with Crippen LogP contribution in [0.3, 0.4) is 0 Å². The molecule has 1 saturated heterocycles. The van der Waals surface area contributed by atoms with Gasteiger partial charge in [0, 0.05) is 19.1 Å². The van der Waals surface area contributed by atoms with Gasteiger partial charge in [-0.2, -0.15) is 5.26 Å². The first-order chi connectivity index (χ1) is 14.3. The van der Waals surface area contributed by atoms with Crippen LogP contribution in [-0.4, -0.2) is 42.5 Å². The van der Waals surface area contributed by atoms with Crippen molar-refractivity contribution in [3.63, 3.8) is 0 Å². The molecule has 2 rings (SSSR count). The Morgan fingerprint density at radius 2 is 1.61 bits per heavy atom. The minimum absolute atomic E-state index is 0.0108. The molecule has 0 atom stereocenters. The fourth-order valence-corrected chi connectivity index (χ4v) is 3.42. The molecule has 0 radical (unpaired) electrons. The number of anilines is 2. The van der Waals surface area contributed by atoms with Gasteiger partial charge in [-0.3, -0.25) is 5.32 Å². The van der Waals surface area contributed by atoms with E-state index in [1.165, 1.54) is 6.07 Å². The van der Waals surface area contributed by atoms with Crippen LogP contribution in [0.4, 0.5) is 21.0 Å². The molecule has 0 unspecified atom stereocenters. The Kier molecular flexibility index (Phi) is 7.66. The van der Waals surface area contributed by atoms with E-state index in [2.05, 4.69) is 16.7 Å². The molecule has 1 aromatic rings. The van der Waals surface area contributed by atoms with Gasteiger partial charge in [-0.1, -0.05) is 11.6 Å². The summed E-state index contributed by atoms with van der Waals surface area (Å²) in [5.74, 6) is 0. The van der Waals surface area contributed by atoms with Crippen molar-refractivity contribution in [3.05, 3.63) is 22.7 Å². The summed E-state index contributed by atoms with van der Waals surface area (Å²) in [4.78, 5) is 26.2. The second kappa shape index (κ2) is 9.65. The molecular weight excluding hydrogens is 420 g/mol. The number of nitrogens with zero attached hydrogens (tertiary/aromatic N) is 2. The minimum atomic E-state index is -0.657. The van der Waals surface area contributed by atoms with E-state index in [4.69, 9.17) is 21.1 Å². The lowest BCUT2D eigenvalue weighted by atomic mass is 10.0. The van der Waals surface area contributed by atoms with Crippen LogP contribution >= 0.6 is 11.6 Å². The first-order valence-electron chi connectivity index (χ1n) is 10.3. The third-order valence-electron chi connectivity index (χ3n) is 4.37. The minimum Gasteiger partial charge on any atom is -0.444 e. The van der Waals surface area contributed by atoms with Crippen LogP contribution in [0.1, 0.15) is 59.9 Å². The molecular formula is C22H31ClN4O4. The summed E-state index contributed by atoms with van der Waals surface area (Å²) in [6.45, 7) is 12.0. The molecule has 1 aromatic carbocycles. The molecule has 2 N–H and O–H groups in total. The fourth-order valence-electron chi connectivity index (χ4n) is 3.15. The van der Waals surface area contributed by atoms with E-state index in [0.29, 0.717) is 47.9 Å². The van der Waals surface area contributed by atoms with Crippen LogP contribution in [0.2, 0.25) is 5.02 Å². The van der Waals surface area contributed by atoms with Gasteiger partial charge in [0.2, 0.25) is 0 Å². The van der Waals surface area contributed by atoms with E-state index in [1.807, 2.05) is 25.7 Å². The maximum atomic E-state index is 12.2. The number of alkyl carbamates (subject to hydrolysis) is 1. The molecule has 0 bridgehead atoms. The van der Waals surface area contributed by atoms with Crippen molar-refractivity contribution in [2.75, 3.05) is 23.3 Å². The van der Waals surface area contributed by atoms with Crippen molar-refractivity contribution in [2.45, 2.75) is 71.6 Å². The molecule has 0 aliphatic carbocycles. The van der Waals surface area contributed by atoms with Gasteiger partial charge in [-0.05, 0) is 66.5 Å². The zero-order chi connectivity index (χ0) is 23.4. The molecule has 1 heterocycles. The first kappa shape index (κ1) is 24.6. The quantitative estimate of drug-likeness (QED) is 0.667. The van der Waals surface area contributed by atoms with E-state index < -0.39 is 23.4 Å². The highest BCUT2D eigenvalue weighted by molar-refractivity contribution is 6.36. The number of nitrogens with one attached hydrogen (secondary N) is 2. The average Bonchev–Trinajstić information content (AvgIpc) is 2.61. The Morgan fingerprint density at radius 3 is 2.13 bits per heavy atom. The molecule has 0 spiro atoms. The number of piperidine rings is 1. The number of amides is 2. The van der Waals surface area contributed by atoms with Crippen LogP contribution in [0.25, 0.3) is 0 Å². The fraction of sp³-hybridized carbons (Fsp3) is 0.591. The molecule has 2 amide bonds. The van der Waals surface area contributed by atoms with Gasteiger partial charge in [0.15, 0.2) is 0 Å². The summed E-state index contributed by atoms with van der Waals surface area (Å²) in [6.07, 6.45) is 0.317. The van der Waals surface area contributed by atoms with Crippen molar-refractivity contribution in [1.29, 1.82) is 5.26 Å². The highest BCUT2D eigenvalue weighted by Crippen LogP contribution is 2.36. The van der Waals surface area contributed by atoms with Gasteiger partial charge in [-0.25, -0.2) is 9.59 Å². The standard InChI is InChI=1S/C22H31ClN4O4/c1-21(2,3)30-19(28)25-15-7-9-27(10-8-15)17-12-14(13-24)11-16(18(17)23)26-20(29)31-22(4,5)6/h11-12,15H,7-10H2,1-6H3,(H,25,28)(H,26,29).